The van der Waals surface area contributed by atoms with E-state index in [-0.39, 0.29) is 36.5 Å². The summed E-state index contributed by atoms with van der Waals surface area (Å²) >= 11 is 3.20. The molecule has 0 aliphatic carbocycles. The van der Waals surface area contributed by atoms with E-state index >= 15 is 0 Å². The molecular weight excluding hydrogens is 385 g/mol. The Kier molecular flexibility index (Phi) is 5.07. The van der Waals surface area contributed by atoms with Crippen molar-refractivity contribution in [2.45, 2.75) is 24.6 Å². The van der Waals surface area contributed by atoms with E-state index in [1.165, 1.54) is 18.2 Å². The fourth-order valence-corrected chi connectivity index (χ4v) is 5.80. The second-order valence-electron chi connectivity index (χ2n) is 4.95. The van der Waals surface area contributed by atoms with Crippen LogP contribution in [0.2, 0.25) is 0 Å². The van der Waals surface area contributed by atoms with E-state index in [9.17, 15) is 21.2 Å². The number of hydrogen-bond acceptors (Lipinski definition) is 4. The van der Waals surface area contributed by atoms with Crippen LogP contribution in [0.25, 0.3) is 0 Å². The zero-order chi connectivity index (χ0) is 15.7. The van der Waals surface area contributed by atoms with Crippen LogP contribution in [-0.2, 0) is 26.4 Å². The molecule has 0 saturated carbocycles. The number of sulfone groups is 1. The van der Waals surface area contributed by atoms with Crippen molar-refractivity contribution in [1.82, 2.24) is 4.72 Å². The van der Waals surface area contributed by atoms with Crippen molar-refractivity contribution in [3.63, 3.8) is 0 Å². The van der Waals surface area contributed by atoms with Crippen molar-refractivity contribution in [2.75, 3.05) is 11.5 Å². The fraction of sp³-hybridized carbons (Fsp3) is 0.500. The maximum atomic E-state index is 13.6. The van der Waals surface area contributed by atoms with Gasteiger partial charge in [0.15, 0.2) is 0 Å². The second-order valence-corrected chi connectivity index (χ2v) is 10.2. The van der Waals surface area contributed by atoms with E-state index in [2.05, 4.69) is 20.7 Å². The van der Waals surface area contributed by atoms with Crippen LogP contribution in [0.15, 0.2) is 22.7 Å². The maximum absolute atomic E-state index is 13.6. The second kappa shape index (κ2) is 6.31. The van der Waals surface area contributed by atoms with Gasteiger partial charge in [0.25, 0.3) is 0 Å². The SMILES string of the molecule is O=S1(=O)CCC(S(=O)(=O)NCc2cc(Br)ccc2F)CC1. The molecule has 0 radical (unpaired) electrons. The molecule has 1 N–H and O–H groups in total. The molecule has 1 aliphatic heterocycles. The molecule has 0 atom stereocenters. The first-order valence-electron chi connectivity index (χ1n) is 6.32. The number of halogens is 2. The van der Waals surface area contributed by atoms with E-state index < -0.39 is 30.9 Å². The molecule has 2 rings (SSSR count). The molecule has 118 valence electrons. The summed E-state index contributed by atoms with van der Waals surface area (Å²) in [6, 6.07) is 4.28. The first kappa shape index (κ1) is 16.9. The number of benzene rings is 1. The van der Waals surface area contributed by atoms with Crippen LogP contribution in [0.5, 0.6) is 0 Å². The summed E-state index contributed by atoms with van der Waals surface area (Å²) in [6.45, 7) is -0.156. The molecule has 0 bridgehead atoms. The predicted molar refractivity (Wildman–Crippen MR) is 81.5 cm³/mol. The van der Waals surface area contributed by atoms with Gasteiger partial charge in [-0.3, -0.25) is 0 Å². The zero-order valence-electron chi connectivity index (χ0n) is 11.1. The Bertz CT molecular complexity index is 720. The lowest BCUT2D eigenvalue weighted by Crippen LogP contribution is -2.39. The lowest BCUT2D eigenvalue weighted by Gasteiger charge is -2.22. The summed E-state index contributed by atoms with van der Waals surface area (Å²) in [4.78, 5) is 0. The van der Waals surface area contributed by atoms with Gasteiger partial charge >= 0.3 is 0 Å². The lowest BCUT2D eigenvalue weighted by atomic mass is 10.2. The quantitative estimate of drug-likeness (QED) is 0.833. The molecule has 1 heterocycles. The average molecular weight is 400 g/mol. The molecular formula is C12H15BrFNO4S2. The number of hydrogen-bond donors (Lipinski definition) is 1. The third-order valence-corrected chi connectivity index (χ3v) is 7.52. The van der Waals surface area contributed by atoms with Crippen LogP contribution in [0, 0.1) is 5.82 Å². The molecule has 0 spiro atoms. The summed E-state index contributed by atoms with van der Waals surface area (Å²) < 4.78 is 63.4. The van der Waals surface area contributed by atoms with Crippen LogP contribution < -0.4 is 4.72 Å². The maximum Gasteiger partial charge on any atom is 0.214 e. The van der Waals surface area contributed by atoms with Crippen molar-refractivity contribution in [1.29, 1.82) is 0 Å². The van der Waals surface area contributed by atoms with Gasteiger partial charge in [-0.2, -0.15) is 0 Å². The Morgan fingerprint density at radius 1 is 1.29 bits per heavy atom. The summed E-state index contributed by atoms with van der Waals surface area (Å²) in [5, 5.41) is -0.740. The molecule has 1 aromatic carbocycles. The fourth-order valence-electron chi connectivity index (χ4n) is 2.15. The van der Waals surface area contributed by atoms with Crippen molar-refractivity contribution in [3.05, 3.63) is 34.1 Å². The smallest absolute Gasteiger partial charge is 0.214 e. The minimum Gasteiger partial charge on any atom is -0.229 e. The van der Waals surface area contributed by atoms with Crippen LogP contribution in [0.1, 0.15) is 18.4 Å². The summed E-state index contributed by atoms with van der Waals surface area (Å²) in [5.41, 5.74) is 0.233. The normalized spacial score (nSPS) is 19.5. The molecule has 1 aliphatic rings. The lowest BCUT2D eigenvalue weighted by molar-refractivity contribution is 0.540. The molecule has 1 saturated heterocycles. The van der Waals surface area contributed by atoms with Crippen molar-refractivity contribution < 1.29 is 21.2 Å². The number of nitrogens with one attached hydrogen (secondary N) is 1. The molecule has 1 aromatic rings. The Morgan fingerprint density at radius 3 is 2.52 bits per heavy atom. The highest BCUT2D eigenvalue weighted by atomic mass is 79.9. The summed E-state index contributed by atoms with van der Waals surface area (Å²) in [5.74, 6) is -0.736. The largest absolute Gasteiger partial charge is 0.229 e. The number of sulfonamides is 1. The van der Waals surface area contributed by atoms with Gasteiger partial charge in [0.05, 0.1) is 16.8 Å². The predicted octanol–water partition coefficient (Wildman–Crippen LogP) is 1.58. The van der Waals surface area contributed by atoms with E-state index in [0.29, 0.717) is 4.47 Å². The zero-order valence-corrected chi connectivity index (χ0v) is 14.3. The molecule has 0 aromatic heterocycles. The van der Waals surface area contributed by atoms with E-state index in [1.54, 1.807) is 0 Å². The van der Waals surface area contributed by atoms with Gasteiger partial charge in [-0.25, -0.2) is 25.9 Å². The number of rotatable bonds is 4. The monoisotopic (exact) mass is 399 g/mol. The van der Waals surface area contributed by atoms with Gasteiger partial charge in [-0.15, -0.1) is 0 Å². The van der Waals surface area contributed by atoms with Gasteiger partial charge in [0, 0.05) is 16.6 Å². The minimum absolute atomic E-state index is 0.0820. The van der Waals surface area contributed by atoms with Gasteiger partial charge in [-0.1, -0.05) is 15.9 Å². The first-order chi connectivity index (χ1) is 9.70. The van der Waals surface area contributed by atoms with Crippen molar-refractivity contribution in [2.24, 2.45) is 0 Å². The Morgan fingerprint density at radius 2 is 1.90 bits per heavy atom. The summed E-state index contributed by atoms with van der Waals surface area (Å²) in [7, 11) is -6.77. The standard InChI is InChI=1S/C12H15BrFNO4S2/c13-10-1-2-12(14)9(7-10)8-15-21(18,19)11-3-5-20(16,17)6-4-11/h1-2,7,11,15H,3-6,8H2. The highest BCUT2D eigenvalue weighted by Crippen LogP contribution is 2.20. The molecule has 21 heavy (non-hydrogen) atoms. The summed E-state index contributed by atoms with van der Waals surface area (Å²) in [6.07, 6.45) is 0.164. The average Bonchev–Trinajstić information content (AvgIpc) is 2.39. The molecule has 0 amide bonds. The third-order valence-electron chi connectivity index (χ3n) is 3.41. The van der Waals surface area contributed by atoms with E-state index in [1.807, 2.05) is 0 Å². The van der Waals surface area contributed by atoms with Crippen LogP contribution >= 0.6 is 15.9 Å². The highest BCUT2D eigenvalue weighted by molar-refractivity contribution is 9.10. The van der Waals surface area contributed by atoms with Crippen molar-refractivity contribution in [3.8, 4) is 0 Å². The Balaban J connectivity index is 2.03. The third kappa shape index (κ3) is 4.48. The topological polar surface area (TPSA) is 80.3 Å². The molecule has 0 unspecified atom stereocenters. The Labute approximate surface area is 132 Å². The van der Waals surface area contributed by atoms with Gasteiger partial charge < -0.3 is 0 Å². The molecule has 5 nitrogen and oxygen atoms in total. The van der Waals surface area contributed by atoms with Crippen molar-refractivity contribution >= 4 is 35.8 Å². The van der Waals surface area contributed by atoms with Crippen LogP contribution in [-0.4, -0.2) is 33.6 Å². The van der Waals surface area contributed by atoms with E-state index in [0.717, 1.165) is 0 Å². The van der Waals surface area contributed by atoms with Gasteiger partial charge in [0.1, 0.15) is 15.7 Å². The van der Waals surface area contributed by atoms with Crippen LogP contribution in [0.3, 0.4) is 0 Å². The molecule has 9 heteroatoms. The highest BCUT2D eigenvalue weighted by Gasteiger charge is 2.32. The van der Waals surface area contributed by atoms with Gasteiger partial charge in [-0.05, 0) is 31.0 Å². The van der Waals surface area contributed by atoms with E-state index in [4.69, 9.17) is 0 Å². The molecule has 1 fully saturated rings. The van der Waals surface area contributed by atoms with Gasteiger partial charge in [0.2, 0.25) is 10.0 Å². The Hall–Kier alpha value is -0.510. The first-order valence-corrected chi connectivity index (χ1v) is 10.5. The minimum atomic E-state index is -3.66. The van der Waals surface area contributed by atoms with Crippen LogP contribution in [0.4, 0.5) is 4.39 Å².